The molecule has 9 aromatic carbocycles. The number of benzene rings is 9. The molecule has 0 saturated heterocycles. The van der Waals surface area contributed by atoms with Crippen LogP contribution in [0.2, 0.25) is 0 Å². The molecule has 0 bridgehead atoms. The van der Waals surface area contributed by atoms with E-state index >= 15 is 0 Å². The third-order valence-corrected chi connectivity index (χ3v) is 10.4. The quantitative estimate of drug-likeness (QED) is 0.131. The van der Waals surface area contributed by atoms with Crippen molar-refractivity contribution in [3.8, 4) is 56.4 Å². The molecule has 0 fully saturated rings. The van der Waals surface area contributed by atoms with Crippen molar-refractivity contribution in [2.45, 2.75) is 0 Å². The molecule has 0 N–H and O–H groups in total. The molecule has 2 heterocycles. The summed E-state index contributed by atoms with van der Waals surface area (Å²) in [5, 5.41) is 8.58. The van der Waals surface area contributed by atoms with Crippen LogP contribution in [0.5, 0.6) is 0 Å². The van der Waals surface area contributed by atoms with Crippen LogP contribution in [0.15, 0.2) is 194 Å². The van der Waals surface area contributed by atoms with Crippen molar-refractivity contribution >= 4 is 53.9 Å². The summed E-state index contributed by atoms with van der Waals surface area (Å²) < 4.78 is 86.7. The highest BCUT2D eigenvalue weighted by atomic mass is 15.0. The van der Waals surface area contributed by atoms with Crippen LogP contribution in [0, 0.1) is 0 Å². The van der Waals surface area contributed by atoms with Crippen LogP contribution >= 0.6 is 0 Å². The van der Waals surface area contributed by atoms with Crippen molar-refractivity contribution in [2.24, 2.45) is 0 Å². The lowest BCUT2D eigenvalue weighted by atomic mass is 9.87. The highest BCUT2D eigenvalue weighted by Gasteiger charge is 2.22. The highest BCUT2D eigenvalue weighted by Crippen LogP contribution is 2.45. The molecule has 4 heteroatoms. The van der Waals surface area contributed by atoms with E-state index in [1.807, 2.05) is 91.0 Å². The van der Waals surface area contributed by atoms with E-state index in [9.17, 15) is 0 Å². The van der Waals surface area contributed by atoms with Gasteiger partial charge in [0.2, 0.25) is 0 Å². The van der Waals surface area contributed by atoms with Crippen molar-refractivity contribution in [3.05, 3.63) is 194 Å². The number of rotatable bonds is 5. The monoisotopic (exact) mass is 722 g/mol. The summed E-state index contributed by atoms with van der Waals surface area (Å²) in [5.74, 6) is 0.237. The molecular weight excluding hydrogens is 681 g/mol. The zero-order valence-corrected chi connectivity index (χ0v) is 29.5. The predicted octanol–water partition coefficient (Wildman–Crippen LogP) is 13.4. The Labute approximate surface area is 337 Å². The number of hydrogen-bond donors (Lipinski definition) is 0. The van der Waals surface area contributed by atoms with Gasteiger partial charge in [0, 0.05) is 29.1 Å². The van der Waals surface area contributed by atoms with E-state index in [1.54, 1.807) is 18.5 Å². The first-order valence-corrected chi connectivity index (χ1v) is 18.1. The molecule has 0 aliphatic rings. The number of aromatic nitrogens is 4. The Bertz CT molecular complexity index is 3840. The molecule has 11 rings (SSSR count). The minimum atomic E-state index is -0.547. The molecule has 0 amide bonds. The number of nitrogens with zero attached hydrogens (tertiary/aromatic N) is 4. The van der Waals surface area contributed by atoms with Gasteiger partial charge in [-0.25, -0.2) is 15.0 Å². The van der Waals surface area contributed by atoms with Gasteiger partial charge in [0.05, 0.1) is 13.7 Å². The Morgan fingerprint density at radius 1 is 0.339 bits per heavy atom. The van der Waals surface area contributed by atoms with E-state index < -0.39 is 48.3 Å². The Balaban J connectivity index is 1.30. The molecule has 4 nitrogen and oxygen atoms in total. The maximum atomic E-state index is 9.07. The third-order valence-electron chi connectivity index (χ3n) is 10.4. The maximum absolute atomic E-state index is 9.07. The smallest absolute Gasteiger partial charge is 0.165 e. The van der Waals surface area contributed by atoms with E-state index in [1.165, 1.54) is 0 Å². The van der Waals surface area contributed by atoms with Crippen molar-refractivity contribution in [2.75, 3.05) is 0 Å². The van der Waals surface area contributed by atoms with Crippen LogP contribution in [0.4, 0.5) is 0 Å². The Kier molecular flexibility index (Phi) is 5.44. The first-order chi connectivity index (χ1) is 31.9. The summed E-state index contributed by atoms with van der Waals surface area (Å²) in [6.07, 6.45) is 3.37. The highest BCUT2D eigenvalue weighted by molar-refractivity contribution is 6.22. The molecule has 0 saturated carbocycles. The molecule has 0 spiro atoms. The maximum Gasteiger partial charge on any atom is 0.165 e. The molecule has 2 aromatic heterocycles. The molecule has 0 radical (unpaired) electrons. The van der Waals surface area contributed by atoms with Crippen LogP contribution in [0.1, 0.15) is 13.7 Å². The molecule has 0 aliphatic carbocycles. The van der Waals surface area contributed by atoms with Crippen molar-refractivity contribution in [1.82, 2.24) is 19.9 Å². The SMILES string of the molecule is [2H]c1c([2H])c([2H])c(-c2ccc3c(-c4nc(-c5c([2H])c([2H])c([2H])c([2H])c5[2H])nc(-c5cc6c7ccccc7ccc6c6ccccc56)n4)c4ccccc4c(-c4ccncc4)c3c2)c([2H])c1[2H]. The fraction of sp³-hybridized carbons (Fsp3) is 0. The standard InChI is InChI=1S/C52H32N4/c1-3-13-33(14-4-1)37-24-26-44-46(31-37)48(35-27-29-53-30-28-35)42-21-11-12-22-43(42)49(44)52-55-50(36-16-5-2-6-17-36)54-51(56-52)47-32-45-38-18-8-7-15-34(38)23-25-41(45)39-19-9-10-20-40(39)47/h1-32H/i1D,2D,3D,4D,5D,6D,13D,14D,16D,17D. The minimum Gasteiger partial charge on any atom is -0.265 e. The van der Waals surface area contributed by atoms with Crippen LogP contribution in [-0.4, -0.2) is 19.9 Å². The Hall–Kier alpha value is -7.56. The van der Waals surface area contributed by atoms with Gasteiger partial charge in [-0.05, 0) is 100 Å². The van der Waals surface area contributed by atoms with Crippen molar-refractivity contribution < 1.29 is 13.7 Å². The minimum absolute atomic E-state index is 0.0416. The first-order valence-electron chi connectivity index (χ1n) is 23.1. The second-order valence-electron chi connectivity index (χ2n) is 13.4. The lowest BCUT2D eigenvalue weighted by molar-refractivity contribution is 1.08. The molecule has 56 heavy (non-hydrogen) atoms. The van der Waals surface area contributed by atoms with Gasteiger partial charge in [-0.2, -0.15) is 0 Å². The molecule has 260 valence electrons. The van der Waals surface area contributed by atoms with E-state index in [0.717, 1.165) is 54.2 Å². The lowest BCUT2D eigenvalue weighted by Crippen LogP contribution is -2.02. The normalized spacial score (nSPS) is 14.1. The molecular formula is C52H32N4. The molecule has 0 unspecified atom stereocenters. The van der Waals surface area contributed by atoms with Crippen LogP contribution in [0.3, 0.4) is 0 Å². The van der Waals surface area contributed by atoms with Gasteiger partial charge < -0.3 is 0 Å². The molecule has 0 atom stereocenters. The number of hydrogen-bond acceptors (Lipinski definition) is 4. The van der Waals surface area contributed by atoms with E-state index in [2.05, 4.69) is 29.2 Å². The lowest BCUT2D eigenvalue weighted by Gasteiger charge is -2.19. The first kappa shape index (κ1) is 23.3. The fourth-order valence-corrected chi connectivity index (χ4v) is 7.93. The van der Waals surface area contributed by atoms with E-state index in [0.29, 0.717) is 27.5 Å². The van der Waals surface area contributed by atoms with Gasteiger partial charge in [0.15, 0.2) is 17.5 Å². The molecule has 0 aliphatic heterocycles. The summed E-state index contributed by atoms with van der Waals surface area (Å²) in [7, 11) is 0. The summed E-state index contributed by atoms with van der Waals surface area (Å²) in [6.45, 7) is 0. The summed E-state index contributed by atoms with van der Waals surface area (Å²) in [6, 6.07) is 34.5. The zero-order valence-electron chi connectivity index (χ0n) is 39.5. The van der Waals surface area contributed by atoms with Gasteiger partial charge >= 0.3 is 0 Å². The average molecular weight is 723 g/mol. The fourth-order valence-electron chi connectivity index (χ4n) is 7.93. The van der Waals surface area contributed by atoms with E-state index in [4.69, 9.17) is 28.7 Å². The van der Waals surface area contributed by atoms with Crippen LogP contribution in [0.25, 0.3) is 110 Å². The van der Waals surface area contributed by atoms with E-state index in [-0.39, 0.29) is 40.7 Å². The Morgan fingerprint density at radius 2 is 0.911 bits per heavy atom. The van der Waals surface area contributed by atoms with Gasteiger partial charge in [-0.1, -0.05) is 157 Å². The second kappa shape index (κ2) is 13.1. The van der Waals surface area contributed by atoms with Crippen LogP contribution in [-0.2, 0) is 0 Å². The summed E-state index contributed by atoms with van der Waals surface area (Å²) in [4.78, 5) is 19.6. The number of pyridine rings is 1. The predicted molar refractivity (Wildman–Crippen MR) is 232 cm³/mol. The second-order valence-corrected chi connectivity index (χ2v) is 13.4. The third kappa shape index (κ3) is 5.23. The van der Waals surface area contributed by atoms with Gasteiger partial charge in [-0.3, -0.25) is 4.98 Å². The number of fused-ring (bicyclic) bond motifs is 7. The van der Waals surface area contributed by atoms with Gasteiger partial charge in [0.25, 0.3) is 0 Å². The zero-order chi connectivity index (χ0) is 45.7. The summed E-state index contributed by atoms with van der Waals surface area (Å²) >= 11 is 0. The summed E-state index contributed by atoms with van der Waals surface area (Å²) in [5.41, 5.74) is 3.01. The average Bonchev–Trinajstić information content (AvgIpc) is 3.35. The van der Waals surface area contributed by atoms with Gasteiger partial charge in [0.1, 0.15) is 0 Å². The largest absolute Gasteiger partial charge is 0.265 e. The van der Waals surface area contributed by atoms with Crippen molar-refractivity contribution in [1.29, 1.82) is 0 Å². The van der Waals surface area contributed by atoms with Crippen molar-refractivity contribution in [3.63, 3.8) is 0 Å². The van der Waals surface area contributed by atoms with Gasteiger partial charge in [-0.15, -0.1) is 0 Å². The van der Waals surface area contributed by atoms with Crippen LogP contribution < -0.4 is 0 Å². The topological polar surface area (TPSA) is 51.6 Å². The Morgan fingerprint density at radius 3 is 1.68 bits per heavy atom. The molecule has 11 aromatic rings.